The predicted molar refractivity (Wildman–Crippen MR) is 106 cm³/mol. The molecule has 5 nitrogen and oxygen atoms in total. The number of fused-ring (bicyclic) bond motifs is 1. The first kappa shape index (κ1) is 17.8. The quantitative estimate of drug-likeness (QED) is 0.674. The van der Waals surface area contributed by atoms with Gasteiger partial charge < -0.3 is 14.5 Å². The van der Waals surface area contributed by atoms with Crippen LogP contribution >= 0.6 is 11.3 Å². The Labute approximate surface area is 161 Å². The fourth-order valence-corrected chi connectivity index (χ4v) is 4.91. The van der Waals surface area contributed by atoms with Crippen LogP contribution in [0, 0.1) is 0 Å². The standard InChI is InChI=1S/C21H21NO4S/c1-25-16-7-4-6-14-12-15(20(24)26-18(14)16)19(23)22-13-21(9-2-3-10-21)17-8-5-11-27-17/h4-8,11-12H,2-3,9-10,13H2,1H3,(H,22,23). The molecule has 2 heterocycles. The summed E-state index contributed by atoms with van der Waals surface area (Å²) in [6, 6.07) is 11.1. The van der Waals surface area contributed by atoms with Crippen LogP contribution in [0.15, 0.2) is 51.0 Å². The van der Waals surface area contributed by atoms with E-state index in [0.29, 0.717) is 23.3 Å². The molecule has 1 amide bonds. The summed E-state index contributed by atoms with van der Waals surface area (Å²) in [5, 5.41) is 5.71. The Morgan fingerprint density at radius 3 is 2.78 bits per heavy atom. The number of methoxy groups -OCH3 is 1. The first-order valence-electron chi connectivity index (χ1n) is 9.06. The highest BCUT2D eigenvalue weighted by Gasteiger charge is 2.37. The summed E-state index contributed by atoms with van der Waals surface area (Å²) in [7, 11) is 1.51. The number of amides is 1. The second-order valence-electron chi connectivity index (χ2n) is 6.97. The van der Waals surface area contributed by atoms with E-state index < -0.39 is 11.5 Å². The molecule has 1 N–H and O–H groups in total. The first-order chi connectivity index (χ1) is 13.1. The lowest BCUT2D eigenvalue weighted by atomic mass is 9.84. The third kappa shape index (κ3) is 3.25. The van der Waals surface area contributed by atoms with Crippen LogP contribution in [-0.2, 0) is 5.41 Å². The zero-order valence-corrected chi connectivity index (χ0v) is 15.9. The van der Waals surface area contributed by atoms with Gasteiger partial charge in [-0.25, -0.2) is 4.79 Å². The van der Waals surface area contributed by atoms with Crippen molar-refractivity contribution in [3.8, 4) is 5.75 Å². The Kier molecular flexibility index (Phi) is 4.74. The van der Waals surface area contributed by atoms with Gasteiger partial charge in [-0.1, -0.05) is 31.0 Å². The van der Waals surface area contributed by atoms with Crippen molar-refractivity contribution in [2.45, 2.75) is 31.1 Å². The third-order valence-electron chi connectivity index (χ3n) is 5.38. The minimum absolute atomic E-state index is 0.0232. The highest BCUT2D eigenvalue weighted by Crippen LogP contribution is 2.42. The van der Waals surface area contributed by atoms with E-state index in [4.69, 9.17) is 9.15 Å². The number of carbonyl (C=O) groups excluding carboxylic acids is 1. The van der Waals surface area contributed by atoms with E-state index in [9.17, 15) is 9.59 Å². The summed E-state index contributed by atoms with van der Waals surface area (Å²) in [6.07, 6.45) is 4.42. The van der Waals surface area contributed by atoms with E-state index in [0.717, 1.165) is 25.7 Å². The number of ether oxygens (including phenoxy) is 1. The Bertz CT molecular complexity index is 1020. The van der Waals surface area contributed by atoms with Gasteiger partial charge in [-0.3, -0.25) is 4.79 Å². The topological polar surface area (TPSA) is 68.5 Å². The molecule has 0 spiro atoms. The van der Waals surface area contributed by atoms with Crippen LogP contribution in [-0.4, -0.2) is 19.6 Å². The second kappa shape index (κ2) is 7.19. The van der Waals surface area contributed by atoms with Gasteiger partial charge in [-0.2, -0.15) is 0 Å². The molecule has 0 bridgehead atoms. The first-order valence-corrected chi connectivity index (χ1v) is 9.94. The van der Waals surface area contributed by atoms with Gasteiger partial charge in [-0.05, 0) is 36.4 Å². The molecule has 1 fully saturated rings. The lowest BCUT2D eigenvalue weighted by Crippen LogP contribution is -2.39. The molecule has 2 aromatic heterocycles. The molecule has 3 aromatic rings. The molecule has 0 saturated heterocycles. The molecule has 1 aliphatic carbocycles. The molecule has 0 aliphatic heterocycles. The Balaban J connectivity index is 1.60. The molecule has 4 rings (SSSR count). The summed E-state index contributed by atoms with van der Waals surface area (Å²) in [5.74, 6) is 0.0791. The zero-order valence-electron chi connectivity index (χ0n) is 15.1. The second-order valence-corrected chi connectivity index (χ2v) is 7.92. The molecule has 0 radical (unpaired) electrons. The average Bonchev–Trinajstić information content (AvgIpc) is 3.37. The molecule has 1 saturated carbocycles. The molecule has 6 heteroatoms. The molecule has 1 aliphatic rings. The van der Waals surface area contributed by atoms with Crippen molar-refractivity contribution in [1.82, 2.24) is 5.32 Å². The Morgan fingerprint density at radius 2 is 2.07 bits per heavy atom. The van der Waals surface area contributed by atoms with Crippen molar-refractivity contribution in [3.63, 3.8) is 0 Å². The van der Waals surface area contributed by atoms with Crippen LogP contribution in [0.1, 0.15) is 40.9 Å². The summed E-state index contributed by atoms with van der Waals surface area (Å²) < 4.78 is 10.6. The van der Waals surface area contributed by atoms with E-state index in [1.165, 1.54) is 12.0 Å². The molecular weight excluding hydrogens is 362 g/mol. The van der Waals surface area contributed by atoms with Crippen LogP contribution < -0.4 is 15.7 Å². The van der Waals surface area contributed by atoms with Crippen LogP contribution in [0.25, 0.3) is 11.0 Å². The van der Waals surface area contributed by atoms with Gasteiger partial charge in [0.15, 0.2) is 11.3 Å². The van der Waals surface area contributed by atoms with Gasteiger partial charge in [0, 0.05) is 22.2 Å². The highest BCUT2D eigenvalue weighted by molar-refractivity contribution is 7.10. The van der Waals surface area contributed by atoms with Crippen molar-refractivity contribution in [1.29, 1.82) is 0 Å². The fourth-order valence-electron chi connectivity index (χ4n) is 3.92. The Morgan fingerprint density at radius 1 is 1.26 bits per heavy atom. The van der Waals surface area contributed by atoms with Crippen molar-refractivity contribution in [2.75, 3.05) is 13.7 Å². The molecule has 27 heavy (non-hydrogen) atoms. The van der Waals surface area contributed by atoms with E-state index in [-0.39, 0.29) is 11.0 Å². The molecule has 1 aromatic carbocycles. The molecule has 140 valence electrons. The van der Waals surface area contributed by atoms with Gasteiger partial charge in [0.05, 0.1) is 7.11 Å². The molecule has 0 unspecified atom stereocenters. The number of rotatable bonds is 5. The maximum Gasteiger partial charge on any atom is 0.349 e. The van der Waals surface area contributed by atoms with E-state index in [2.05, 4.69) is 16.8 Å². The van der Waals surface area contributed by atoms with Gasteiger partial charge in [0.2, 0.25) is 0 Å². The van der Waals surface area contributed by atoms with E-state index >= 15 is 0 Å². The maximum absolute atomic E-state index is 12.7. The monoisotopic (exact) mass is 383 g/mol. The Hall–Kier alpha value is -2.60. The fraction of sp³-hybridized carbons (Fsp3) is 0.333. The van der Waals surface area contributed by atoms with E-state index in [1.54, 1.807) is 35.6 Å². The van der Waals surface area contributed by atoms with Crippen LogP contribution in [0.5, 0.6) is 5.75 Å². The summed E-state index contributed by atoms with van der Waals surface area (Å²) in [6.45, 7) is 0.530. The van der Waals surface area contributed by atoms with Gasteiger partial charge in [-0.15, -0.1) is 11.3 Å². The summed E-state index contributed by atoms with van der Waals surface area (Å²) >= 11 is 1.73. The van der Waals surface area contributed by atoms with Crippen molar-refractivity contribution >= 4 is 28.2 Å². The summed E-state index contributed by atoms with van der Waals surface area (Å²) in [5.41, 5.74) is -0.298. The van der Waals surface area contributed by atoms with Crippen LogP contribution in [0.4, 0.5) is 0 Å². The lowest BCUT2D eigenvalue weighted by Gasteiger charge is -2.28. The number of thiophene rings is 1. The third-order valence-corrected chi connectivity index (χ3v) is 6.50. The number of hydrogen-bond acceptors (Lipinski definition) is 5. The SMILES string of the molecule is COc1cccc2cc(C(=O)NCC3(c4cccs4)CCCC3)c(=O)oc12. The molecule has 0 atom stereocenters. The average molecular weight is 383 g/mol. The van der Waals surface area contributed by atoms with Crippen molar-refractivity contribution in [2.24, 2.45) is 0 Å². The minimum atomic E-state index is -0.652. The van der Waals surface area contributed by atoms with Crippen molar-refractivity contribution in [3.05, 3.63) is 62.6 Å². The van der Waals surface area contributed by atoms with Crippen LogP contribution in [0.2, 0.25) is 0 Å². The van der Waals surface area contributed by atoms with Gasteiger partial charge in [0.1, 0.15) is 5.56 Å². The van der Waals surface area contributed by atoms with Crippen molar-refractivity contribution < 1.29 is 13.9 Å². The van der Waals surface area contributed by atoms with Crippen LogP contribution in [0.3, 0.4) is 0 Å². The summed E-state index contributed by atoms with van der Waals surface area (Å²) in [4.78, 5) is 26.4. The lowest BCUT2D eigenvalue weighted by molar-refractivity contribution is 0.0940. The zero-order chi connectivity index (χ0) is 18.9. The number of nitrogens with one attached hydrogen (secondary N) is 1. The predicted octanol–water partition coefficient (Wildman–Crippen LogP) is 4.10. The maximum atomic E-state index is 12.7. The highest BCUT2D eigenvalue weighted by atomic mass is 32.1. The number of para-hydroxylation sites is 1. The van der Waals surface area contributed by atoms with Gasteiger partial charge >= 0.3 is 5.63 Å². The number of carbonyl (C=O) groups is 1. The smallest absolute Gasteiger partial charge is 0.349 e. The van der Waals surface area contributed by atoms with Gasteiger partial charge in [0.25, 0.3) is 5.91 Å². The number of hydrogen-bond donors (Lipinski definition) is 1. The largest absolute Gasteiger partial charge is 0.493 e. The number of benzene rings is 1. The minimum Gasteiger partial charge on any atom is -0.493 e. The molecular formula is C21H21NO4S. The van der Waals surface area contributed by atoms with E-state index in [1.807, 2.05) is 6.07 Å². The normalized spacial score (nSPS) is 15.7.